The van der Waals surface area contributed by atoms with Crippen LogP contribution in [0.3, 0.4) is 0 Å². The lowest BCUT2D eigenvalue weighted by Gasteiger charge is -2.20. The minimum absolute atomic E-state index is 0.0760. The van der Waals surface area contributed by atoms with Gasteiger partial charge in [0.1, 0.15) is 5.75 Å². The molecule has 1 unspecified atom stereocenters. The van der Waals surface area contributed by atoms with E-state index in [1.54, 1.807) is 37.1 Å². The average Bonchev–Trinajstić information content (AvgIpc) is 2.92. The highest BCUT2D eigenvalue weighted by Gasteiger charge is 2.25. The number of carbonyl (C=O) groups excluding carboxylic acids is 2. The number of carbonyl (C=O) groups is 2. The summed E-state index contributed by atoms with van der Waals surface area (Å²) in [7, 11) is 1.56. The van der Waals surface area contributed by atoms with Gasteiger partial charge in [0.15, 0.2) is 0 Å². The molecule has 0 aliphatic carbocycles. The van der Waals surface area contributed by atoms with E-state index in [0.29, 0.717) is 36.6 Å². The zero-order chi connectivity index (χ0) is 15.4. The number of methoxy groups -OCH3 is 1. The quantitative estimate of drug-likeness (QED) is 0.857. The summed E-state index contributed by atoms with van der Waals surface area (Å²) in [5, 5.41) is 2.81. The second-order valence-corrected chi connectivity index (χ2v) is 5.16. The first-order valence-corrected chi connectivity index (χ1v) is 7.06. The average molecular weight is 291 g/mol. The topological polar surface area (TPSA) is 84.7 Å². The third-order valence-electron chi connectivity index (χ3n) is 3.61. The molecule has 1 heterocycles. The smallest absolute Gasteiger partial charge is 0.228 e. The minimum Gasteiger partial charge on any atom is -0.495 e. The molecule has 0 bridgehead atoms. The van der Waals surface area contributed by atoms with Crippen LogP contribution in [0.1, 0.15) is 19.8 Å². The normalized spacial score (nSPS) is 16.0. The van der Waals surface area contributed by atoms with Crippen LogP contribution in [0.2, 0.25) is 0 Å². The van der Waals surface area contributed by atoms with Gasteiger partial charge in [-0.1, -0.05) is 6.92 Å². The molecule has 1 aliphatic rings. The summed E-state index contributed by atoms with van der Waals surface area (Å²) in [6, 6.07) is 5.27. The summed E-state index contributed by atoms with van der Waals surface area (Å²) in [4.78, 5) is 25.5. The van der Waals surface area contributed by atoms with Crippen molar-refractivity contribution in [2.75, 3.05) is 30.4 Å². The largest absolute Gasteiger partial charge is 0.495 e. The van der Waals surface area contributed by atoms with Gasteiger partial charge in [0.25, 0.3) is 0 Å². The molecule has 1 atom stereocenters. The van der Waals surface area contributed by atoms with Gasteiger partial charge in [0, 0.05) is 31.1 Å². The van der Waals surface area contributed by atoms with Crippen molar-refractivity contribution in [2.24, 2.45) is 11.7 Å². The van der Waals surface area contributed by atoms with Crippen molar-refractivity contribution in [1.29, 1.82) is 0 Å². The lowest BCUT2D eigenvalue weighted by Crippen LogP contribution is -2.27. The molecule has 0 aromatic heterocycles. The SMILES string of the molecule is COc1ccc(NC(=O)C(C)CN)cc1N1CCCC1=O. The third-order valence-corrected chi connectivity index (χ3v) is 3.61. The number of benzene rings is 1. The van der Waals surface area contributed by atoms with Crippen molar-refractivity contribution < 1.29 is 14.3 Å². The van der Waals surface area contributed by atoms with Crippen LogP contribution in [0, 0.1) is 5.92 Å². The molecule has 6 heteroatoms. The molecule has 1 aromatic carbocycles. The van der Waals surface area contributed by atoms with Crippen LogP contribution in [0.25, 0.3) is 0 Å². The second-order valence-electron chi connectivity index (χ2n) is 5.16. The molecule has 21 heavy (non-hydrogen) atoms. The van der Waals surface area contributed by atoms with E-state index in [0.717, 1.165) is 6.42 Å². The first-order chi connectivity index (χ1) is 10.1. The van der Waals surface area contributed by atoms with Gasteiger partial charge < -0.3 is 20.7 Å². The van der Waals surface area contributed by atoms with Gasteiger partial charge in [0.2, 0.25) is 11.8 Å². The maximum atomic E-state index is 11.9. The summed E-state index contributed by atoms with van der Waals surface area (Å²) in [6.07, 6.45) is 1.38. The van der Waals surface area contributed by atoms with E-state index < -0.39 is 0 Å². The Morgan fingerprint density at radius 2 is 2.29 bits per heavy atom. The maximum Gasteiger partial charge on any atom is 0.228 e. The zero-order valence-electron chi connectivity index (χ0n) is 12.4. The van der Waals surface area contributed by atoms with E-state index in [4.69, 9.17) is 10.5 Å². The fourth-order valence-corrected chi connectivity index (χ4v) is 2.25. The Labute approximate surface area is 124 Å². The lowest BCUT2D eigenvalue weighted by molar-refractivity contribution is -0.119. The Hall–Kier alpha value is -2.08. The van der Waals surface area contributed by atoms with Gasteiger partial charge in [-0.15, -0.1) is 0 Å². The summed E-state index contributed by atoms with van der Waals surface area (Å²) < 4.78 is 5.31. The van der Waals surface area contributed by atoms with Crippen molar-refractivity contribution in [1.82, 2.24) is 0 Å². The van der Waals surface area contributed by atoms with E-state index in [9.17, 15) is 9.59 Å². The fraction of sp³-hybridized carbons (Fsp3) is 0.467. The van der Waals surface area contributed by atoms with Crippen LogP contribution in [0.5, 0.6) is 5.75 Å². The van der Waals surface area contributed by atoms with Crippen molar-refractivity contribution in [3.8, 4) is 5.75 Å². The lowest BCUT2D eigenvalue weighted by atomic mass is 10.1. The summed E-state index contributed by atoms with van der Waals surface area (Å²) in [5.74, 6) is 0.299. The summed E-state index contributed by atoms with van der Waals surface area (Å²) in [5.41, 5.74) is 6.81. The number of nitrogens with two attached hydrogens (primary N) is 1. The van der Waals surface area contributed by atoms with Crippen molar-refractivity contribution in [3.63, 3.8) is 0 Å². The van der Waals surface area contributed by atoms with Crippen molar-refractivity contribution in [2.45, 2.75) is 19.8 Å². The van der Waals surface area contributed by atoms with Gasteiger partial charge in [-0.25, -0.2) is 0 Å². The second kappa shape index (κ2) is 6.58. The highest BCUT2D eigenvalue weighted by Crippen LogP contribution is 2.34. The molecule has 2 amide bonds. The fourth-order valence-electron chi connectivity index (χ4n) is 2.25. The monoisotopic (exact) mass is 291 g/mol. The molecule has 1 saturated heterocycles. The molecule has 3 N–H and O–H groups in total. The number of rotatable bonds is 5. The summed E-state index contributed by atoms with van der Waals surface area (Å²) >= 11 is 0. The highest BCUT2D eigenvalue weighted by molar-refractivity contribution is 5.98. The van der Waals surface area contributed by atoms with Crippen LogP contribution in [-0.4, -0.2) is 32.0 Å². The van der Waals surface area contributed by atoms with Gasteiger partial charge in [0.05, 0.1) is 12.8 Å². The van der Waals surface area contributed by atoms with Gasteiger partial charge in [-0.2, -0.15) is 0 Å². The molecule has 0 saturated carbocycles. The molecule has 114 valence electrons. The van der Waals surface area contributed by atoms with Crippen LogP contribution in [0.4, 0.5) is 11.4 Å². The maximum absolute atomic E-state index is 11.9. The minimum atomic E-state index is -0.260. The third kappa shape index (κ3) is 3.33. The van der Waals surface area contributed by atoms with Crippen LogP contribution < -0.4 is 20.7 Å². The van der Waals surface area contributed by atoms with Crippen molar-refractivity contribution >= 4 is 23.2 Å². The Morgan fingerprint density at radius 3 is 2.86 bits per heavy atom. The van der Waals surface area contributed by atoms with E-state index in [-0.39, 0.29) is 17.7 Å². The Kier molecular flexibility index (Phi) is 4.80. The van der Waals surface area contributed by atoms with E-state index in [1.807, 2.05) is 0 Å². The number of hydrogen-bond acceptors (Lipinski definition) is 4. The molecule has 1 aliphatic heterocycles. The number of anilines is 2. The standard InChI is InChI=1S/C15H21N3O3/c1-10(9-16)15(20)17-11-5-6-13(21-2)12(8-11)18-7-3-4-14(18)19/h5-6,8,10H,3-4,7,9,16H2,1-2H3,(H,17,20). The number of hydrogen-bond donors (Lipinski definition) is 2. The first-order valence-electron chi connectivity index (χ1n) is 7.06. The van der Waals surface area contributed by atoms with E-state index in [2.05, 4.69) is 5.32 Å². The summed E-state index contributed by atoms with van der Waals surface area (Å²) in [6.45, 7) is 2.73. The molecular formula is C15H21N3O3. The zero-order valence-corrected chi connectivity index (χ0v) is 12.4. The highest BCUT2D eigenvalue weighted by atomic mass is 16.5. The number of ether oxygens (including phenoxy) is 1. The molecule has 2 rings (SSSR count). The molecular weight excluding hydrogens is 270 g/mol. The van der Waals surface area contributed by atoms with Gasteiger partial charge >= 0.3 is 0 Å². The van der Waals surface area contributed by atoms with E-state index >= 15 is 0 Å². The Balaban J connectivity index is 2.25. The van der Waals surface area contributed by atoms with Crippen LogP contribution in [0.15, 0.2) is 18.2 Å². The van der Waals surface area contributed by atoms with Gasteiger partial charge in [-0.05, 0) is 24.6 Å². The predicted octanol–water partition coefficient (Wildman–Crippen LogP) is 1.36. The van der Waals surface area contributed by atoms with Crippen LogP contribution in [-0.2, 0) is 9.59 Å². The van der Waals surface area contributed by atoms with Gasteiger partial charge in [-0.3, -0.25) is 9.59 Å². The predicted molar refractivity (Wildman–Crippen MR) is 81.4 cm³/mol. The molecule has 1 aromatic rings. The van der Waals surface area contributed by atoms with Crippen LogP contribution >= 0.6 is 0 Å². The van der Waals surface area contributed by atoms with Crippen molar-refractivity contribution in [3.05, 3.63) is 18.2 Å². The number of nitrogens with one attached hydrogen (secondary N) is 1. The number of amides is 2. The molecule has 6 nitrogen and oxygen atoms in total. The molecule has 0 spiro atoms. The molecule has 1 fully saturated rings. The first kappa shape index (κ1) is 15.3. The van der Waals surface area contributed by atoms with E-state index in [1.165, 1.54) is 0 Å². The Bertz CT molecular complexity index is 545. The number of nitrogens with zero attached hydrogens (tertiary/aromatic N) is 1. The molecule has 0 radical (unpaired) electrons. The Morgan fingerprint density at radius 1 is 1.52 bits per heavy atom.